The molecule has 1 atom stereocenters. The summed E-state index contributed by atoms with van der Waals surface area (Å²) in [6, 6.07) is 0.213. The van der Waals surface area contributed by atoms with Gasteiger partial charge in [-0.05, 0) is 19.3 Å². The van der Waals surface area contributed by atoms with Gasteiger partial charge in [0.2, 0.25) is 0 Å². The number of nitrogens with zero attached hydrogens (tertiary/aromatic N) is 4. The molecule has 8 heteroatoms. The molecule has 0 bridgehead atoms. The minimum Gasteiger partial charge on any atom is -0.448 e. The minimum atomic E-state index is -0.269. The van der Waals surface area contributed by atoms with Crippen molar-refractivity contribution in [3.05, 3.63) is 11.6 Å². The van der Waals surface area contributed by atoms with E-state index >= 15 is 0 Å². The van der Waals surface area contributed by atoms with Gasteiger partial charge < -0.3 is 14.2 Å². The Kier molecular flexibility index (Phi) is 4.17. The van der Waals surface area contributed by atoms with Crippen molar-refractivity contribution in [2.75, 3.05) is 39.6 Å². The van der Waals surface area contributed by atoms with Gasteiger partial charge in [0.05, 0.1) is 25.7 Å². The van der Waals surface area contributed by atoms with E-state index in [4.69, 9.17) is 24.3 Å². The van der Waals surface area contributed by atoms with Crippen LogP contribution in [0.15, 0.2) is 0 Å². The zero-order valence-electron chi connectivity index (χ0n) is 13.1. The minimum absolute atomic E-state index is 0.213. The molecule has 4 rings (SSSR count). The number of cyclic esters (lactones) is 1. The van der Waals surface area contributed by atoms with E-state index in [2.05, 4.69) is 0 Å². The Hall–Kier alpha value is -1.67. The molecule has 8 nitrogen and oxygen atoms in total. The third kappa shape index (κ3) is 3.05. The molecule has 0 aliphatic carbocycles. The summed E-state index contributed by atoms with van der Waals surface area (Å²) in [5, 5.41) is 4.77. The average Bonchev–Trinajstić information content (AvgIpc) is 3.30. The average molecular weight is 322 g/mol. The first-order valence-corrected chi connectivity index (χ1v) is 8.34. The van der Waals surface area contributed by atoms with E-state index in [-0.39, 0.29) is 12.1 Å². The quantitative estimate of drug-likeness (QED) is 0.825. The van der Waals surface area contributed by atoms with Gasteiger partial charge in [0.15, 0.2) is 5.82 Å². The third-order valence-electron chi connectivity index (χ3n) is 4.73. The molecule has 0 spiro atoms. The molecule has 3 fully saturated rings. The molecule has 1 unspecified atom stereocenters. The lowest BCUT2D eigenvalue weighted by Gasteiger charge is -2.19. The van der Waals surface area contributed by atoms with Crippen LogP contribution >= 0.6 is 0 Å². The number of hydrogen-bond donors (Lipinski definition) is 0. The summed E-state index contributed by atoms with van der Waals surface area (Å²) < 4.78 is 17.9. The Morgan fingerprint density at radius 1 is 1.09 bits per heavy atom. The van der Waals surface area contributed by atoms with Gasteiger partial charge in [-0.25, -0.2) is 14.5 Å². The van der Waals surface area contributed by atoms with Gasteiger partial charge in [-0.2, -0.15) is 5.10 Å². The Bertz CT molecular complexity index is 564. The van der Waals surface area contributed by atoms with E-state index in [0.29, 0.717) is 32.2 Å². The van der Waals surface area contributed by atoms with Gasteiger partial charge in [-0.15, -0.1) is 0 Å². The molecule has 126 valence electrons. The monoisotopic (exact) mass is 322 g/mol. The van der Waals surface area contributed by atoms with Crippen molar-refractivity contribution in [2.24, 2.45) is 0 Å². The predicted octanol–water partition coefficient (Wildman–Crippen LogP) is 1.09. The first-order valence-electron chi connectivity index (χ1n) is 8.34. The summed E-state index contributed by atoms with van der Waals surface area (Å²) in [7, 11) is 0. The van der Waals surface area contributed by atoms with E-state index in [1.54, 1.807) is 4.90 Å². The second kappa shape index (κ2) is 6.45. The highest BCUT2D eigenvalue weighted by molar-refractivity contribution is 5.69. The van der Waals surface area contributed by atoms with Gasteiger partial charge in [0.25, 0.3) is 0 Å². The summed E-state index contributed by atoms with van der Waals surface area (Å²) in [5.74, 6) is 2.06. The lowest BCUT2D eigenvalue weighted by molar-refractivity contribution is 0.0834. The molecule has 1 aromatic rings. The number of rotatable bonds is 4. The van der Waals surface area contributed by atoms with Crippen molar-refractivity contribution in [3.8, 4) is 0 Å². The number of aromatic nitrogens is 3. The van der Waals surface area contributed by atoms with Gasteiger partial charge in [0, 0.05) is 25.7 Å². The Labute approximate surface area is 134 Å². The van der Waals surface area contributed by atoms with Crippen LogP contribution in [0.1, 0.15) is 42.9 Å². The SMILES string of the molecule is O=C1OCCN1Cc1nc(C2CCOCC2)nn1C1CCOC1. The van der Waals surface area contributed by atoms with Gasteiger partial charge >= 0.3 is 6.09 Å². The van der Waals surface area contributed by atoms with Crippen LogP contribution in [0.4, 0.5) is 4.79 Å². The Balaban J connectivity index is 1.58. The maximum atomic E-state index is 11.7. The second-order valence-electron chi connectivity index (χ2n) is 6.27. The summed E-state index contributed by atoms with van der Waals surface area (Å²) in [6.07, 6.45) is 2.58. The molecular formula is C15H22N4O4. The first kappa shape index (κ1) is 14.9. The lowest BCUT2D eigenvalue weighted by Crippen LogP contribution is -2.26. The lowest BCUT2D eigenvalue weighted by atomic mass is 10.00. The topological polar surface area (TPSA) is 78.7 Å². The van der Waals surface area contributed by atoms with E-state index in [9.17, 15) is 4.79 Å². The van der Waals surface area contributed by atoms with Gasteiger partial charge in [-0.1, -0.05) is 0 Å². The van der Waals surface area contributed by atoms with Crippen molar-refractivity contribution >= 4 is 6.09 Å². The summed E-state index contributed by atoms with van der Waals surface area (Å²) in [5.41, 5.74) is 0. The predicted molar refractivity (Wildman–Crippen MR) is 79.0 cm³/mol. The molecule has 0 aromatic carbocycles. The molecule has 0 radical (unpaired) electrons. The van der Waals surface area contributed by atoms with Crippen LogP contribution in [0.2, 0.25) is 0 Å². The van der Waals surface area contributed by atoms with Gasteiger partial charge in [-0.3, -0.25) is 4.90 Å². The largest absolute Gasteiger partial charge is 0.448 e. The number of ether oxygens (including phenoxy) is 3. The van der Waals surface area contributed by atoms with E-state index in [1.807, 2.05) is 4.68 Å². The van der Waals surface area contributed by atoms with E-state index in [0.717, 1.165) is 50.7 Å². The molecule has 0 saturated carbocycles. The van der Waals surface area contributed by atoms with Crippen molar-refractivity contribution in [2.45, 2.75) is 37.8 Å². The van der Waals surface area contributed by atoms with Crippen molar-refractivity contribution < 1.29 is 19.0 Å². The van der Waals surface area contributed by atoms with Crippen LogP contribution in [0.25, 0.3) is 0 Å². The van der Waals surface area contributed by atoms with Crippen molar-refractivity contribution in [3.63, 3.8) is 0 Å². The molecular weight excluding hydrogens is 300 g/mol. The normalized spacial score (nSPS) is 26.0. The zero-order valence-corrected chi connectivity index (χ0v) is 13.1. The smallest absolute Gasteiger partial charge is 0.410 e. The molecule has 1 amide bonds. The first-order chi connectivity index (χ1) is 11.3. The Morgan fingerprint density at radius 3 is 2.61 bits per heavy atom. The number of carbonyl (C=O) groups is 1. The molecule has 4 heterocycles. The number of hydrogen-bond acceptors (Lipinski definition) is 6. The number of carbonyl (C=O) groups excluding carboxylic acids is 1. The van der Waals surface area contributed by atoms with Crippen LogP contribution in [0, 0.1) is 0 Å². The Morgan fingerprint density at radius 2 is 1.91 bits per heavy atom. The standard InChI is InChI=1S/C15H22N4O4/c20-15-18(4-8-23-15)9-13-16-14(11-1-5-21-6-2-11)17-19(13)12-3-7-22-10-12/h11-12H,1-10H2. The maximum absolute atomic E-state index is 11.7. The molecule has 0 N–H and O–H groups in total. The highest BCUT2D eigenvalue weighted by Gasteiger charge is 2.30. The molecule has 23 heavy (non-hydrogen) atoms. The summed E-state index contributed by atoms with van der Waals surface area (Å²) >= 11 is 0. The number of amides is 1. The van der Waals surface area contributed by atoms with E-state index < -0.39 is 0 Å². The molecule has 1 aromatic heterocycles. The summed E-state index contributed by atoms with van der Waals surface area (Å²) in [4.78, 5) is 18.2. The fourth-order valence-corrected chi connectivity index (χ4v) is 3.36. The van der Waals surface area contributed by atoms with Crippen LogP contribution < -0.4 is 0 Å². The van der Waals surface area contributed by atoms with Crippen molar-refractivity contribution in [1.29, 1.82) is 0 Å². The molecule has 3 saturated heterocycles. The highest BCUT2D eigenvalue weighted by Crippen LogP contribution is 2.27. The fourth-order valence-electron chi connectivity index (χ4n) is 3.36. The molecule has 3 aliphatic heterocycles. The summed E-state index contributed by atoms with van der Waals surface area (Å²) in [6.45, 7) is 4.45. The molecule has 3 aliphatic rings. The van der Waals surface area contributed by atoms with Crippen molar-refractivity contribution in [1.82, 2.24) is 19.7 Å². The third-order valence-corrected chi connectivity index (χ3v) is 4.73. The van der Waals surface area contributed by atoms with Crippen LogP contribution in [0.3, 0.4) is 0 Å². The van der Waals surface area contributed by atoms with E-state index in [1.165, 1.54) is 0 Å². The fraction of sp³-hybridized carbons (Fsp3) is 0.800. The van der Waals surface area contributed by atoms with Crippen LogP contribution in [-0.2, 0) is 20.8 Å². The maximum Gasteiger partial charge on any atom is 0.410 e. The highest BCUT2D eigenvalue weighted by atomic mass is 16.6. The van der Waals surface area contributed by atoms with Crippen LogP contribution in [-0.4, -0.2) is 65.3 Å². The zero-order chi connectivity index (χ0) is 15.6. The van der Waals surface area contributed by atoms with Crippen LogP contribution in [0.5, 0.6) is 0 Å². The van der Waals surface area contributed by atoms with Gasteiger partial charge in [0.1, 0.15) is 12.4 Å². The second-order valence-corrected chi connectivity index (χ2v) is 6.27.